The molecule has 15 heavy (non-hydrogen) atoms. The van der Waals surface area contributed by atoms with Gasteiger partial charge >= 0.3 is 0 Å². The number of nitrogens with one attached hydrogen (secondary N) is 1. The molecule has 1 aromatic rings. The summed E-state index contributed by atoms with van der Waals surface area (Å²) in [6.45, 7) is 3.89. The molecule has 0 saturated heterocycles. The van der Waals surface area contributed by atoms with E-state index < -0.39 is 0 Å². The van der Waals surface area contributed by atoms with Crippen molar-refractivity contribution in [3.05, 3.63) is 40.6 Å². The first-order valence-electron chi connectivity index (χ1n) is 4.74. The van der Waals surface area contributed by atoms with E-state index in [1.807, 2.05) is 50.1 Å². The number of hydrogen-bond acceptors (Lipinski definition) is 2. The van der Waals surface area contributed by atoms with Gasteiger partial charge < -0.3 is 10.3 Å². The molecule has 0 spiro atoms. The summed E-state index contributed by atoms with van der Waals surface area (Å²) in [5, 5.41) is 7.93. The number of halogens is 1. The molecule has 0 aliphatic heterocycles. The molecule has 0 atom stereocenters. The van der Waals surface area contributed by atoms with Crippen LogP contribution in [0.25, 0.3) is 0 Å². The van der Waals surface area contributed by atoms with E-state index in [9.17, 15) is 0 Å². The van der Waals surface area contributed by atoms with E-state index in [0.717, 1.165) is 22.0 Å². The minimum Gasteiger partial charge on any atom is -0.347 e. The molecule has 0 aliphatic rings. The van der Waals surface area contributed by atoms with Crippen LogP contribution in [0.15, 0.2) is 35.5 Å². The minimum absolute atomic E-state index is 0.720. The van der Waals surface area contributed by atoms with Crippen LogP contribution in [0.4, 0.5) is 5.69 Å². The van der Waals surface area contributed by atoms with Gasteiger partial charge in [0.1, 0.15) is 0 Å². The zero-order chi connectivity index (χ0) is 11.4. The summed E-state index contributed by atoms with van der Waals surface area (Å²) in [4.78, 5) is 1.99. The van der Waals surface area contributed by atoms with Gasteiger partial charge in [0.2, 0.25) is 0 Å². The lowest BCUT2D eigenvalue weighted by molar-refractivity contribution is 1.07. The van der Waals surface area contributed by atoms with E-state index in [-0.39, 0.29) is 0 Å². The highest BCUT2D eigenvalue weighted by atomic mass is 35.5. The van der Waals surface area contributed by atoms with Crippen molar-refractivity contribution in [2.75, 3.05) is 11.9 Å². The second kappa shape index (κ2) is 4.99. The molecule has 2 nitrogen and oxygen atoms in total. The predicted molar refractivity (Wildman–Crippen MR) is 67.0 cm³/mol. The fraction of sp³-hybridized carbons (Fsp3) is 0.250. The summed E-state index contributed by atoms with van der Waals surface area (Å²) >= 11 is 6.09. The number of anilines is 1. The number of hydrogen-bond donors (Lipinski definition) is 1. The maximum absolute atomic E-state index is 7.21. The Bertz CT molecular complexity index is 396. The third-order valence-corrected chi connectivity index (χ3v) is 2.82. The van der Waals surface area contributed by atoms with Crippen molar-refractivity contribution in [2.24, 2.45) is 0 Å². The molecule has 0 aliphatic carbocycles. The highest BCUT2D eigenvalue weighted by Crippen LogP contribution is 2.27. The monoisotopic (exact) mass is 222 g/mol. The standard InChI is InChI=1S/C12H15ClN2/c1-9(8-14)10(2)15(3)12-7-5-4-6-11(12)13/h4-8,14H,1-3H3/b10-9+,14-8?. The van der Waals surface area contributed by atoms with Crippen molar-refractivity contribution in [3.8, 4) is 0 Å². The van der Waals surface area contributed by atoms with Crippen molar-refractivity contribution >= 4 is 23.5 Å². The molecule has 0 aromatic heterocycles. The smallest absolute Gasteiger partial charge is 0.0642 e. The van der Waals surface area contributed by atoms with Crippen molar-refractivity contribution in [2.45, 2.75) is 13.8 Å². The average Bonchev–Trinajstić information content (AvgIpc) is 2.26. The van der Waals surface area contributed by atoms with Gasteiger partial charge in [-0.1, -0.05) is 23.7 Å². The van der Waals surface area contributed by atoms with Gasteiger partial charge in [0.25, 0.3) is 0 Å². The van der Waals surface area contributed by atoms with Gasteiger partial charge in [-0.25, -0.2) is 0 Å². The Hall–Kier alpha value is -1.28. The van der Waals surface area contributed by atoms with Gasteiger partial charge in [-0.3, -0.25) is 0 Å². The molecule has 3 heteroatoms. The Morgan fingerprint density at radius 1 is 1.33 bits per heavy atom. The lowest BCUT2D eigenvalue weighted by Crippen LogP contribution is -2.16. The maximum Gasteiger partial charge on any atom is 0.0642 e. The quantitative estimate of drug-likeness (QED) is 0.776. The molecule has 0 bridgehead atoms. The molecule has 0 saturated carbocycles. The van der Waals surface area contributed by atoms with Gasteiger partial charge in [-0.05, 0) is 31.6 Å². The van der Waals surface area contributed by atoms with Crippen LogP contribution in [0.2, 0.25) is 5.02 Å². The summed E-state index contributed by atoms with van der Waals surface area (Å²) in [5.41, 5.74) is 2.91. The van der Waals surface area contributed by atoms with Crippen molar-refractivity contribution < 1.29 is 0 Å². The van der Waals surface area contributed by atoms with Gasteiger partial charge in [0.05, 0.1) is 10.7 Å². The first-order chi connectivity index (χ1) is 7.07. The zero-order valence-corrected chi connectivity index (χ0v) is 9.97. The first-order valence-corrected chi connectivity index (χ1v) is 5.12. The molecule has 0 heterocycles. The Labute approximate surface area is 95.7 Å². The molecule has 0 fully saturated rings. The summed E-state index contributed by atoms with van der Waals surface area (Å²) < 4.78 is 0. The van der Waals surface area contributed by atoms with Crippen molar-refractivity contribution in [1.29, 1.82) is 5.41 Å². The molecule has 1 N–H and O–H groups in total. The second-order valence-corrected chi connectivity index (χ2v) is 3.83. The Kier molecular flexibility index (Phi) is 3.92. The number of nitrogens with zero attached hydrogens (tertiary/aromatic N) is 1. The molecule has 0 radical (unpaired) electrons. The van der Waals surface area contributed by atoms with Crippen LogP contribution in [0.3, 0.4) is 0 Å². The Balaban J connectivity index is 3.10. The number of allylic oxidation sites excluding steroid dienone is 2. The predicted octanol–water partition coefficient (Wildman–Crippen LogP) is 3.72. The van der Waals surface area contributed by atoms with E-state index in [4.69, 9.17) is 17.0 Å². The van der Waals surface area contributed by atoms with E-state index in [2.05, 4.69) is 0 Å². The van der Waals surface area contributed by atoms with Crippen LogP contribution in [-0.2, 0) is 0 Å². The van der Waals surface area contributed by atoms with Gasteiger partial charge in [0.15, 0.2) is 0 Å². The third-order valence-electron chi connectivity index (χ3n) is 2.50. The van der Waals surface area contributed by atoms with Crippen LogP contribution < -0.4 is 4.90 Å². The maximum atomic E-state index is 7.21. The van der Waals surface area contributed by atoms with Gasteiger partial charge in [-0.15, -0.1) is 0 Å². The van der Waals surface area contributed by atoms with Gasteiger partial charge in [-0.2, -0.15) is 0 Å². The lowest BCUT2D eigenvalue weighted by atomic mass is 10.2. The highest BCUT2D eigenvalue weighted by Gasteiger charge is 2.07. The fourth-order valence-corrected chi connectivity index (χ4v) is 1.54. The topological polar surface area (TPSA) is 27.1 Å². The molecular weight excluding hydrogens is 208 g/mol. The van der Waals surface area contributed by atoms with Crippen LogP contribution in [0.1, 0.15) is 13.8 Å². The van der Waals surface area contributed by atoms with Crippen LogP contribution in [0.5, 0.6) is 0 Å². The van der Waals surface area contributed by atoms with E-state index in [1.54, 1.807) is 0 Å². The Morgan fingerprint density at radius 2 is 1.93 bits per heavy atom. The summed E-state index contributed by atoms with van der Waals surface area (Å²) in [7, 11) is 1.95. The normalized spacial score (nSPS) is 12.0. The lowest BCUT2D eigenvalue weighted by Gasteiger charge is -2.22. The zero-order valence-electron chi connectivity index (χ0n) is 9.21. The van der Waals surface area contributed by atoms with Crippen LogP contribution in [-0.4, -0.2) is 13.3 Å². The average molecular weight is 223 g/mol. The minimum atomic E-state index is 0.720. The third kappa shape index (κ3) is 2.60. The molecule has 80 valence electrons. The molecular formula is C12H15ClN2. The number of benzene rings is 1. The Morgan fingerprint density at radius 3 is 2.47 bits per heavy atom. The molecule has 1 rings (SSSR count). The summed E-state index contributed by atoms with van der Waals surface area (Å²) in [6, 6.07) is 7.68. The van der Waals surface area contributed by atoms with E-state index in [0.29, 0.717) is 0 Å². The first kappa shape index (κ1) is 11.8. The van der Waals surface area contributed by atoms with Crippen LogP contribution >= 0.6 is 11.6 Å². The van der Waals surface area contributed by atoms with Crippen molar-refractivity contribution in [3.63, 3.8) is 0 Å². The molecule has 0 amide bonds. The van der Waals surface area contributed by atoms with E-state index in [1.165, 1.54) is 6.21 Å². The largest absolute Gasteiger partial charge is 0.347 e. The summed E-state index contributed by atoms with van der Waals surface area (Å²) in [5.74, 6) is 0. The second-order valence-electron chi connectivity index (χ2n) is 3.42. The SMILES string of the molecule is C/C(C=N)=C(/C)N(C)c1ccccc1Cl. The van der Waals surface area contributed by atoms with Crippen LogP contribution in [0, 0.1) is 5.41 Å². The number of para-hydroxylation sites is 1. The van der Waals surface area contributed by atoms with Crippen molar-refractivity contribution in [1.82, 2.24) is 0 Å². The fourth-order valence-electron chi connectivity index (χ4n) is 1.27. The molecule has 0 unspecified atom stereocenters. The molecule has 1 aromatic carbocycles. The van der Waals surface area contributed by atoms with Gasteiger partial charge in [0, 0.05) is 19.0 Å². The number of rotatable bonds is 3. The van der Waals surface area contributed by atoms with E-state index >= 15 is 0 Å². The highest BCUT2D eigenvalue weighted by molar-refractivity contribution is 6.33. The summed E-state index contributed by atoms with van der Waals surface area (Å²) in [6.07, 6.45) is 1.35.